The maximum atomic E-state index is 14.2. The van der Waals surface area contributed by atoms with Gasteiger partial charge < -0.3 is 24.9 Å². The highest BCUT2D eigenvalue weighted by Crippen LogP contribution is 2.42. The Hall–Kier alpha value is -4.62. The van der Waals surface area contributed by atoms with E-state index < -0.39 is 23.2 Å². The van der Waals surface area contributed by atoms with E-state index in [1.165, 1.54) is 43.0 Å². The Kier molecular flexibility index (Phi) is 11.6. The molecule has 1 amide bonds. The highest BCUT2D eigenvalue weighted by atomic mass is 19.4. The monoisotopic (exact) mass is 639 g/mol. The van der Waals surface area contributed by atoms with Gasteiger partial charge in [0.25, 0.3) is 0 Å². The first-order valence-electron chi connectivity index (χ1n) is 14.7. The van der Waals surface area contributed by atoms with Crippen molar-refractivity contribution in [3.63, 3.8) is 0 Å². The van der Waals surface area contributed by atoms with E-state index >= 15 is 0 Å². The lowest BCUT2D eigenvalue weighted by molar-refractivity contribution is -0.138. The van der Waals surface area contributed by atoms with Crippen molar-refractivity contribution in [3.05, 3.63) is 93.3 Å². The van der Waals surface area contributed by atoms with Gasteiger partial charge in [0.2, 0.25) is 5.88 Å². The molecule has 1 aromatic carbocycles. The number of halogens is 3. The normalized spacial score (nSPS) is 17.2. The summed E-state index contributed by atoms with van der Waals surface area (Å²) in [6.45, 7) is 6.69. The molecule has 0 radical (unpaired) electrons. The van der Waals surface area contributed by atoms with Gasteiger partial charge in [-0.05, 0) is 67.7 Å². The van der Waals surface area contributed by atoms with Crippen LogP contribution in [0.25, 0.3) is 11.3 Å². The smallest absolute Gasteiger partial charge is 0.419 e. The Morgan fingerprint density at radius 3 is 2.54 bits per heavy atom. The number of pyridine rings is 1. The van der Waals surface area contributed by atoms with Gasteiger partial charge in [-0.15, -0.1) is 4.91 Å². The van der Waals surface area contributed by atoms with Gasteiger partial charge in [0.15, 0.2) is 0 Å². The summed E-state index contributed by atoms with van der Waals surface area (Å²) < 4.78 is 59.2. The summed E-state index contributed by atoms with van der Waals surface area (Å²) in [7, 11) is 1.20. The standard InChI is InChI=1S/C33H36F3N5O5/c1-4-7-22-18-41(24-12-14-45-15-13-24)19-23(22)16-21(2)20-46-30-25(8-5-9-27(30)33(34,35)36)28-10-6-11-29(38-28)39-32(44-3)26(17-37)31(42)40-43/h4-11,16-17,24,37H,12-15,18-20H2,1-3H3,(H,38,39)/b7-4-,21-16+,32-26-,37-17?. The maximum absolute atomic E-state index is 14.2. The molecule has 2 aromatic rings. The second kappa shape index (κ2) is 15.6. The zero-order valence-corrected chi connectivity index (χ0v) is 25.8. The van der Waals surface area contributed by atoms with Crippen LogP contribution in [0.4, 0.5) is 19.0 Å². The van der Waals surface area contributed by atoms with Crippen LogP contribution in [-0.4, -0.2) is 68.1 Å². The molecule has 0 aliphatic carbocycles. The Bertz CT molecular complexity index is 1580. The number of nitroso groups, excluding NO2 is 1. The third kappa shape index (κ3) is 8.34. The Morgan fingerprint density at radius 1 is 1.17 bits per heavy atom. The fraction of sp³-hybridized carbons (Fsp3) is 0.364. The van der Waals surface area contributed by atoms with E-state index in [1.807, 2.05) is 26.0 Å². The molecule has 1 aromatic heterocycles. The number of nitrogens with one attached hydrogen (secondary N) is 2. The molecule has 4 rings (SSSR count). The van der Waals surface area contributed by atoms with Crippen molar-refractivity contribution >= 4 is 17.9 Å². The number of anilines is 1. The predicted octanol–water partition coefficient (Wildman–Crippen LogP) is 6.67. The number of amides is 1. The Labute approximate surface area is 265 Å². The van der Waals surface area contributed by atoms with Crippen molar-refractivity contribution in [2.24, 2.45) is 5.18 Å². The van der Waals surface area contributed by atoms with E-state index in [0.29, 0.717) is 12.3 Å². The van der Waals surface area contributed by atoms with E-state index in [1.54, 1.807) is 0 Å². The molecule has 0 saturated carbocycles. The molecule has 46 heavy (non-hydrogen) atoms. The van der Waals surface area contributed by atoms with Crippen molar-refractivity contribution in [3.8, 4) is 17.0 Å². The third-order valence-electron chi connectivity index (χ3n) is 7.59. The molecule has 0 atom stereocenters. The molecule has 3 heterocycles. The molecule has 0 spiro atoms. The number of aromatic nitrogens is 1. The summed E-state index contributed by atoms with van der Waals surface area (Å²) in [5, 5.41) is 12.4. The number of methoxy groups -OCH3 is 1. The van der Waals surface area contributed by atoms with E-state index in [2.05, 4.69) is 26.5 Å². The second-order valence-corrected chi connectivity index (χ2v) is 10.8. The van der Waals surface area contributed by atoms with Gasteiger partial charge >= 0.3 is 12.1 Å². The summed E-state index contributed by atoms with van der Waals surface area (Å²) in [6.07, 6.45) is 3.86. The van der Waals surface area contributed by atoms with Gasteiger partial charge in [-0.2, -0.15) is 13.2 Å². The minimum absolute atomic E-state index is 0.0746. The van der Waals surface area contributed by atoms with Crippen LogP contribution in [0.1, 0.15) is 32.3 Å². The first kappa shape index (κ1) is 34.3. The molecule has 244 valence electrons. The van der Waals surface area contributed by atoms with Crippen LogP contribution in [0.3, 0.4) is 0 Å². The highest BCUT2D eigenvalue weighted by molar-refractivity contribution is 6.12. The lowest BCUT2D eigenvalue weighted by Crippen LogP contribution is -2.38. The van der Waals surface area contributed by atoms with E-state index in [0.717, 1.165) is 56.4 Å². The van der Waals surface area contributed by atoms with E-state index in [4.69, 9.17) is 19.6 Å². The average molecular weight is 640 g/mol. The number of allylic oxidation sites excluding steroid dienone is 1. The number of ether oxygens (including phenoxy) is 3. The van der Waals surface area contributed by atoms with Crippen LogP contribution in [0.15, 0.2) is 88.0 Å². The summed E-state index contributed by atoms with van der Waals surface area (Å²) in [4.78, 5) is 29.4. The van der Waals surface area contributed by atoms with Crippen LogP contribution in [0.2, 0.25) is 0 Å². The van der Waals surface area contributed by atoms with Gasteiger partial charge in [0, 0.05) is 49.3 Å². The van der Waals surface area contributed by atoms with Crippen molar-refractivity contribution < 1.29 is 32.2 Å². The zero-order valence-electron chi connectivity index (χ0n) is 25.8. The molecular weight excluding hydrogens is 603 g/mol. The average Bonchev–Trinajstić information content (AvgIpc) is 3.45. The number of alkyl halides is 3. The van der Waals surface area contributed by atoms with Crippen LogP contribution in [0, 0.1) is 10.3 Å². The first-order valence-corrected chi connectivity index (χ1v) is 14.7. The summed E-state index contributed by atoms with van der Waals surface area (Å²) >= 11 is 0. The SMILES string of the molecule is C/C=C\C1=C(/C=C(\C)COc2c(-c3cccc(N/C(OC)=C(\C=N)C(=O)N=O)n3)cccc2C(F)(F)F)CN(C2CCOCC2)C1. The maximum Gasteiger partial charge on any atom is 0.419 e. The van der Waals surface area contributed by atoms with Crippen LogP contribution >= 0.6 is 0 Å². The number of carbonyl (C=O) groups excluding carboxylic acids is 1. The third-order valence-corrected chi connectivity index (χ3v) is 7.59. The first-order chi connectivity index (χ1) is 22.1. The second-order valence-electron chi connectivity index (χ2n) is 10.8. The van der Waals surface area contributed by atoms with Crippen LogP contribution in [-0.2, 0) is 20.4 Å². The molecule has 1 saturated heterocycles. The summed E-state index contributed by atoms with van der Waals surface area (Å²) in [5.41, 5.74) is 1.84. The minimum atomic E-state index is -4.71. The molecule has 2 N–H and O–H groups in total. The quantitative estimate of drug-likeness (QED) is 0.114. The lowest BCUT2D eigenvalue weighted by Gasteiger charge is -2.31. The molecule has 13 heteroatoms. The Balaban J connectivity index is 1.63. The summed E-state index contributed by atoms with van der Waals surface area (Å²) in [6, 6.07) is 8.65. The molecule has 0 bridgehead atoms. The number of nitrogens with zero attached hydrogens (tertiary/aromatic N) is 3. The molecule has 1 fully saturated rings. The van der Waals surface area contributed by atoms with Crippen molar-refractivity contribution in [1.29, 1.82) is 5.41 Å². The number of benzene rings is 1. The van der Waals surface area contributed by atoms with Gasteiger partial charge in [0.05, 0.1) is 18.4 Å². The van der Waals surface area contributed by atoms with Gasteiger partial charge in [-0.3, -0.25) is 9.69 Å². The minimum Gasteiger partial charge on any atom is -0.488 e. The fourth-order valence-corrected chi connectivity index (χ4v) is 5.42. The van der Waals surface area contributed by atoms with Crippen molar-refractivity contribution in [2.75, 3.05) is 45.3 Å². The summed E-state index contributed by atoms with van der Waals surface area (Å²) in [5.74, 6) is -1.83. The molecule has 10 nitrogen and oxygen atoms in total. The van der Waals surface area contributed by atoms with Gasteiger partial charge in [0.1, 0.15) is 23.7 Å². The predicted molar refractivity (Wildman–Crippen MR) is 168 cm³/mol. The number of carbonyl (C=O) groups is 1. The van der Waals surface area contributed by atoms with Crippen LogP contribution < -0.4 is 10.1 Å². The zero-order chi connectivity index (χ0) is 33.3. The highest BCUT2D eigenvalue weighted by Gasteiger charge is 2.36. The largest absolute Gasteiger partial charge is 0.488 e. The number of para-hydroxylation sites is 1. The molecule has 2 aliphatic rings. The van der Waals surface area contributed by atoms with Crippen molar-refractivity contribution in [1.82, 2.24) is 9.88 Å². The Morgan fingerprint density at radius 2 is 1.89 bits per heavy atom. The molecule has 2 aliphatic heterocycles. The lowest BCUT2D eigenvalue weighted by atomic mass is 10.0. The van der Waals surface area contributed by atoms with Crippen LogP contribution in [0.5, 0.6) is 5.75 Å². The van der Waals surface area contributed by atoms with Gasteiger partial charge in [-0.1, -0.05) is 30.4 Å². The van der Waals surface area contributed by atoms with Crippen molar-refractivity contribution in [2.45, 2.75) is 38.9 Å². The fourth-order valence-electron chi connectivity index (χ4n) is 5.42. The topological polar surface area (TPSA) is 126 Å². The molecule has 0 unspecified atom stereocenters. The van der Waals surface area contributed by atoms with E-state index in [-0.39, 0.29) is 35.3 Å². The molecular formula is C33H36F3N5O5. The number of hydrogen-bond donors (Lipinski definition) is 2. The van der Waals surface area contributed by atoms with Gasteiger partial charge in [-0.25, -0.2) is 4.98 Å². The van der Waals surface area contributed by atoms with E-state index in [9.17, 15) is 22.9 Å². The number of rotatable bonds is 12. The number of hydrogen-bond acceptors (Lipinski definition) is 9.